The predicted molar refractivity (Wildman–Crippen MR) is 94.8 cm³/mol. The molecule has 0 spiro atoms. The highest BCUT2D eigenvalue weighted by Gasteiger charge is 2.20. The highest BCUT2D eigenvalue weighted by molar-refractivity contribution is 5.77. The lowest BCUT2D eigenvalue weighted by Crippen LogP contribution is -2.19. The van der Waals surface area contributed by atoms with Crippen molar-refractivity contribution in [1.82, 2.24) is 10.2 Å². The minimum Gasteiger partial charge on any atom is -0.507 e. The van der Waals surface area contributed by atoms with E-state index in [0.717, 1.165) is 5.56 Å². The van der Waals surface area contributed by atoms with Gasteiger partial charge in [0.2, 0.25) is 0 Å². The Morgan fingerprint density at radius 2 is 1.71 bits per heavy atom. The average molecular weight is 328 g/mol. The third kappa shape index (κ3) is 4.11. The van der Waals surface area contributed by atoms with Gasteiger partial charge in [-0.2, -0.15) is 10.2 Å². The van der Waals surface area contributed by atoms with E-state index < -0.39 is 5.60 Å². The fourth-order valence-electron chi connectivity index (χ4n) is 2.50. The smallest absolute Gasteiger partial charge is 0.126 e. The largest absolute Gasteiger partial charge is 0.507 e. The van der Waals surface area contributed by atoms with Crippen molar-refractivity contribution < 1.29 is 15.3 Å². The van der Waals surface area contributed by atoms with Gasteiger partial charge in [-0.3, -0.25) is 0 Å². The molecule has 0 saturated carbocycles. The molecule has 1 heterocycles. The van der Waals surface area contributed by atoms with Crippen LogP contribution in [0.4, 0.5) is 0 Å². The van der Waals surface area contributed by atoms with Crippen molar-refractivity contribution >= 4 is 12.2 Å². The number of aromatic hydroxyl groups is 2. The summed E-state index contributed by atoms with van der Waals surface area (Å²) in [5.74, 6) is 0.316. The first kappa shape index (κ1) is 17.9. The van der Waals surface area contributed by atoms with Crippen molar-refractivity contribution in [2.75, 3.05) is 0 Å². The first-order chi connectivity index (χ1) is 11.2. The fourth-order valence-corrected chi connectivity index (χ4v) is 2.50. The Bertz CT molecular complexity index is 748. The molecule has 5 nitrogen and oxygen atoms in total. The summed E-state index contributed by atoms with van der Waals surface area (Å²) in [6.45, 7) is 7.00. The molecular weight excluding hydrogens is 304 g/mol. The Balaban J connectivity index is 2.49. The number of hydrogen-bond acceptors (Lipinski definition) is 5. The van der Waals surface area contributed by atoms with Gasteiger partial charge in [-0.25, -0.2) is 0 Å². The van der Waals surface area contributed by atoms with Crippen LogP contribution < -0.4 is 0 Å². The van der Waals surface area contributed by atoms with Crippen LogP contribution in [0.2, 0.25) is 0 Å². The Kier molecular flexibility index (Phi) is 5.24. The van der Waals surface area contributed by atoms with E-state index in [-0.39, 0.29) is 11.5 Å². The molecule has 24 heavy (non-hydrogen) atoms. The van der Waals surface area contributed by atoms with Crippen LogP contribution >= 0.6 is 0 Å². The van der Waals surface area contributed by atoms with Crippen LogP contribution in [-0.2, 0) is 6.42 Å². The summed E-state index contributed by atoms with van der Waals surface area (Å²) in [6, 6.07) is 1.80. The lowest BCUT2D eigenvalue weighted by molar-refractivity contribution is 0.0712. The number of aliphatic hydroxyl groups is 1. The van der Waals surface area contributed by atoms with Crippen LogP contribution in [0, 0.1) is 13.8 Å². The van der Waals surface area contributed by atoms with Crippen LogP contribution in [0.1, 0.15) is 48.1 Å². The minimum absolute atomic E-state index is 0.148. The monoisotopic (exact) mass is 328 g/mol. The van der Waals surface area contributed by atoms with Gasteiger partial charge in [-0.1, -0.05) is 12.2 Å². The first-order valence-corrected chi connectivity index (χ1v) is 7.92. The van der Waals surface area contributed by atoms with Crippen molar-refractivity contribution in [1.29, 1.82) is 0 Å². The molecule has 0 fully saturated rings. The summed E-state index contributed by atoms with van der Waals surface area (Å²) in [4.78, 5) is 0. The number of hydrogen-bond donors (Lipinski definition) is 3. The van der Waals surface area contributed by atoms with E-state index in [2.05, 4.69) is 10.2 Å². The normalized spacial score (nSPS) is 12.0. The van der Waals surface area contributed by atoms with Gasteiger partial charge in [0, 0.05) is 11.1 Å². The molecule has 0 atom stereocenters. The molecule has 0 amide bonds. The minimum atomic E-state index is -0.850. The molecule has 128 valence electrons. The summed E-state index contributed by atoms with van der Waals surface area (Å²) in [6.07, 6.45) is 7.71. The molecule has 0 aliphatic rings. The molecule has 2 rings (SSSR count). The number of aromatic nitrogens is 2. The molecule has 2 aromatic rings. The highest BCUT2D eigenvalue weighted by atomic mass is 16.3. The second-order valence-electron chi connectivity index (χ2n) is 6.66. The lowest BCUT2D eigenvalue weighted by atomic mass is 9.90. The van der Waals surface area contributed by atoms with Crippen molar-refractivity contribution in [3.63, 3.8) is 0 Å². The Morgan fingerprint density at radius 3 is 2.29 bits per heavy atom. The van der Waals surface area contributed by atoms with E-state index >= 15 is 0 Å². The zero-order valence-electron chi connectivity index (χ0n) is 14.5. The van der Waals surface area contributed by atoms with Crippen molar-refractivity contribution in [2.24, 2.45) is 0 Å². The second kappa shape index (κ2) is 7.01. The molecule has 0 unspecified atom stereocenters. The Morgan fingerprint density at radius 1 is 1.04 bits per heavy atom. The van der Waals surface area contributed by atoms with Crippen molar-refractivity contribution in [3.05, 3.63) is 46.3 Å². The van der Waals surface area contributed by atoms with Gasteiger partial charge in [-0.05, 0) is 63.3 Å². The molecule has 0 radical (unpaired) electrons. The molecule has 0 aliphatic heterocycles. The van der Waals surface area contributed by atoms with E-state index in [0.29, 0.717) is 35.1 Å². The molecule has 0 aliphatic carbocycles. The van der Waals surface area contributed by atoms with Gasteiger partial charge in [0.05, 0.1) is 18.0 Å². The maximum Gasteiger partial charge on any atom is 0.126 e. The van der Waals surface area contributed by atoms with Gasteiger partial charge in [0.25, 0.3) is 0 Å². The Labute approximate surface area is 142 Å². The van der Waals surface area contributed by atoms with E-state index in [4.69, 9.17) is 0 Å². The summed E-state index contributed by atoms with van der Waals surface area (Å²) in [7, 11) is 0. The third-order valence-corrected chi connectivity index (χ3v) is 4.18. The fraction of sp³-hybridized carbons (Fsp3) is 0.368. The third-order valence-electron chi connectivity index (χ3n) is 4.18. The molecular formula is C19H24N2O3. The molecule has 5 heteroatoms. The SMILES string of the molecule is Cc1c(C)c(O)c(CCC(C)(C)O)c(C=Cc2ccnnc2)c1O. The highest BCUT2D eigenvalue weighted by Crippen LogP contribution is 2.39. The van der Waals surface area contributed by atoms with Gasteiger partial charge in [0.15, 0.2) is 0 Å². The molecule has 0 bridgehead atoms. The maximum absolute atomic E-state index is 10.5. The maximum atomic E-state index is 10.5. The van der Waals surface area contributed by atoms with E-state index in [1.807, 2.05) is 6.08 Å². The number of rotatable bonds is 5. The number of phenolic OH excluding ortho intramolecular Hbond substituents is 2. The number of benzene rings is 1. The standard InChI is InChI=1S/C19H24N2O3/c1-12-13(2)18(23)16(7-9-19(3,4)24)15(17(12)22)6-5-14-8-10-20-21-11-14/h5-6,8,10-11,22-24H,7,9H2,1-4H3. The van der Waals surface area contributed by atoms with Crippen LogP contribution in [0.15, 0.2) is 18.5 Å². The Hall–Kier alpha value is -2.40. The van der Waals surface area contributed by atoms with Crippen LogP contribution in [0.25, 0.3) is 12.2 Å². The quantitative estimate of drug-likeness (QED) is 0.733. The zero-order valence-corrected chi connectivity index (χ0v) is 14.5. The lowest BCUT2D eigenvalue weighted by Gasteiger charge is -2.20. The zero-order chi connectivity index (χ0) is 17.9. The summed E-state index contributed by atoms with van der Waals surface area (Å²) in [5.41, 5.74) is 2.49. The summed E-state index contributed by atoms with van der Waals surface area (Å²) in [5, 5.41) is 38.6. The molecule has 0 saturated heterocycles. The van der Waals surface area contributed by atoms with Crippen molar-refractivity contribution in [3.8, 4) is 11.5 Å². The van der Waals surface area contributed by atoms with Gasteiger partial charge >= 0.3 is 0 Å². The topological polar surface area (TPSA) is 86.5 Å². The second-order valence-corrected chi connectivity index (χ2v) is 6.66. The van der Waals surface area contributed by atoms with E-state index in [1.165, 1.54) is 0 Å². The summed E-state index contributed by atoms with van der Waals surface area (Å²) >= 11 is 0. The number of nitrogens with zero attached hydrogens (tertiary/aromatic N) is 2. The first-order valence-electron chi connectivity index (χ1n) is 7.92. The van der Waals surface area contributed by atoms with Gasteiger partial charge in [-0.15, -0.1) is 0 Å². The predicted octanol–water partition coefficient (Wildman–Crippen LogP) is 3.38. The van der Waals surface area contributed by atoms with Crippen LogP contribution in [0.5, 0.6) is 11.5 Å². The van der Waals surface area contributed by atoms with Gasteiger partial charge < -0.3 is 15.3 Å². The van der Waals surface area contributed by atoms with E-state index in [9.17, 15) is 15.3 Å². The molecule has 3 N–H and O–H groups in total. The van der Waals surface area contributed by atoms with Crippen LogP contribution in [0.3, 0.4) is 0 Å². The van der Waals surface area contributed by atoms with Crippen molar-refractivity contribution in [2.45, 2.75) is 46.1 Å². The van der Waals surface area contributed by atoms with E-state index in [1.54, 1.807) is 52.2 Å². The molecule has 1 aromatic heterocycles. The van der Waals surface area contributed by atoms with Gasteiger partial charge in [0.1, 0.15) is 11.5 Å². The molecule has 1 aromatic carbocycles. The average Bonchev–Trinajstić information content (AvgIpc) is 2.54. The van der Waals surface area contributed by atoms with Crippen LogP contribution in [-0.4, -0.2) is 31.1 Å². The number of phenols is 2. The summed E-state index contributed by atoms with van der Waals surface area (Å²) < 4.78 is 0.